The first-order chi connectivity index (χ1) is 17.3. The molecule has 0 heterocycles. The number of halogens is 10. The number of nitrogens with zero attached hydrogens (tertiary/aromatic N) is 2. The van der Waals surface area contributed by atoms with E-state index in [0.717, 1.165) is 14.0 Å². The standard InChI is InChI=1S/2C3H6O.C2H3Cl3.C2H3F3.C2H3N.C2H4O2.CH3Br.CH3Cl.CH3F.CH3I.CH3NO2.CH2O/c2*1-3(2)4;2*1-2(3,4)5;1-2-3;1-2(3)4;4*1-2;1-2(3)4;1-2/h2*1-2H3;2*1H3;1H3;1H3,(H,3,4);4*1H3;1H3;1H2. The first kappa shape index (κ1) is 77.1. The van der Waals surface area contributed by atoms with Crippen LogP contribution in [0.3, 0.4) is 0 Å². The highest BCUT2D eigenvalue weighted by atomic mass is 127. The number of carbonyl (C=O) groups excluding carboxylic acids is 3. The molecule has 0 atom stereocenters. The Morgan fingerprint density at radius 1 is 0.923 bits per heavy atom. The number of alkyl halides is 10. The van der Waals surface area contributed by atoms with Crippen molar-refractivity contribution in [1.82, 2.24) is 0 Å². The van der Waals surface area contributed by atoms with Crippen LogP contribution in [-0.4, -0.2) is 75.7 Å². The van der Waals surface area contributed by atoms with Gasteiger partial charge in [-0.1, -0.05) is 73.3 Å². The lowest BCUT2D eigenvalue weighted by molar-refractivity contribution is -0.445. The summed E-state index contributed by atoms with van der Waals surface area (Å²) < 4.78 is 39.5. The van der Waals surface area contributed by atoms with Crippen LogP contribution in [0.15, 0.2) is 0 Å². The van der Waals surface area contributed by atoms with Gasteiger partial charge in [-0.05, 0) is 45.4 Å². The number of rotatable bonds is 0. The van der Waals surface area contributed by atoms with Crippen molar-refractivity contribution in [3.05, 3.63) is 10.1 Å². The van der Waals surface area contributed by atoms with Crippen molar-refractivity contribution in [2.24, 2.45) is 0 Å². The minimum absolute atomic E-state index is 0.167. The van der Waals surface area contributed by atoms with Crippen LogP contribution in [0.2, 0.25) is 0 Å². The molecule has 244 valence electrons. The molecule has 0 saturated carbocycles. The molecule has 0 aromatic heterocycles. The maximum Gasteiger partial charge on any atom is 0.386 e. The summed E-state index contributed by atoms with van der Waals surface area (Å²) in [6.45, 7) is 12.3. The molecule has 0 rings (SSSR count). The number of aliphatic carboxylic acids is 1. The predicted octanol–water partition coefficient (Wildman–Crippen LogP) is 8.97. The Morgan fingerprint density at radius 2 is 0.923 bits per heavy atom. The lowest BCUT2D eigenvalue weighted by Crippen LogP contribution is -1.95. The van der Waals surface area contributed by atoms with E-state index < -0.39 is 20.9 Å². The van der Waals surface area contributed by atoms with E-state index in [4.69, 9.17) is 64.9 Å². The molecule has 1 N–H and O–H groups in total. The Balaban J connectivity index is -0.0000000208. The minimum Gasteiger partial charge on any atom is -0.481 e. The number of nitriles is 1. The molecule has 0 aliphatic heterocycles. The van der Waals surface area contributed by atoms with Gasteiger partial charge in [0, 0.05) is 32.1 Å². The molecule has 0 unspecified atom stereocenters. The molecule has 0 fully saturated rings. The minimum atomic E-state index is -4.00. The van der Waals surface area contributed by atoms with Crippen LogP contribution in [0.5, 0.6) is 0 Å². The predicted molar refractivity (Wildman–Crippen MR) is 169 cm³/mol. The van der Waals surface area contributed by atoms with Crippen LogP contribution in [-0.2, 0) is 19.2 Å². The summed E-state index contributed by atoms with van der Waals surface area (Å²) >= 11 is 24.9. The zero-order chi connectivity index (χ0) is 36.0. The molecule has 39 heavy (non-hydrogen) atoms. The maximum atomic E-state index is 10.4. The van der Waals surface area contributed by atoms with Gasteiger partial charge in [0.1, 0.15) is 18.4 Å². The molecule has 0 aliphatic rings. The zero-order valence-corrected chi connectivity index (χ0v) is 31.0. The molecule has 0 aromatic carbocycles. The summed E-state index contributed by atoms with van der Waals surface area (Å²) in [5.41, 5.74) is 0. The fraction of sp³-hybridized carbons (Fsp3) is 0.750. The Labute approximate surface area is 272 Å². The van der Waals surface area contributed by atoms with Gasteiger partial charge in [0.05, 0.1) is 13.2 Å². The Kier molecular flexibility index (Phi) is 165. The largest absolute Gasteiger partial charge is 0.481 e. The number of carbonyl (C=O) groups is 4. The molecule has 0 aliphatic carbocycles. The van der Waals surface area contributed by atoms with Crippen molar-refractivity contribution in [2.75, 3.05) is 31.4 Å². The molecular formula is C20H42BrCl4F4IN2O7. The van der Waals surface area contributed by atoms with E-state index in [1.54, 1.807) is 6.07 Å². The Hall–Kier alpha value is -0.540. The van der Waals surface area contributed by atoms with Gasteiger partial charge in [0.2, 0.25) is 0 Å². The highest BCUT2D eigenvalue weighted by Crippen LogP contribution is 2.23. The average molecular weight is 847 g/mol. The second-order valence-corrected chi connectivity index (χ2v) is 7.41. The zero-order valence-electron chi connectivity index (χ0n) is 24.3. The molecule has 19 heteroatoms. The summed E-state index contributed by atoms with van der Waals surface area (Å²) in [6.07, 6.45) is -2.53. The van der Waals surface area contributed by atoms with Gasteiger partial charge >= 0.3 is 6.18 Å². The van der Waals surface area contributed by atoms with Crippen LogP contribution >= 0.6 is 84.9 Å². The van der Waals surface area contributed by atoms with E-state index in [1.165, 1.54) is 47.9 Å². The van der Waals surface area contributed by atoms with Crippen molar-refractivity contribution >= 4 is 109 Å². The summed E-state index contributed by atoms with van der Waals surface area (Å²) in [5.74, 6) is 1.31. The Morgan fingerprint density at radius 3 is 0.923 bits per heavy atom. The van der Waals surface area contributed by atoms with Gasteiger partial charge in [0.15, 0.2) is 10.8 Å². The molecule has 9 nitrogen and oxygen atoms in total. The van der Waals surface area contributed by atoms with E-state index in [-0.39, 0.29) is 18.5 Å². The number of carboxylic acid groups (broad SMARTS) is 1. The van der Waals surface area contributed by atoms with Crippen LogP contribution in [0.25, 0.3) is 0 Å². The third-order valence-electron chi connectivity index (χ3n) is 0. The molecule has 0 radical (unpaired) electrons. The summed E-state index contributed by atoms with van der Waals surface area (Å²) in [4.78, 5) is 46.2. The van der Waals surface area contributed by atoms with Crippen molar-refractivity contribution in [1.29, 1.82) is 5.26 Å². The van der Waals surface area contributed by atoms with Gasteiger partial charge in [-0.15, -0.1) is 11.6 Å². The van der Waals surface area contributed by atoms with E-state index >= 15 is 0 Å². The first-order valence-electron chi connectivity index (χ1n) is 8.81. The summed E-state index contributed by atoms with van der Waals surface area (Å²) in [5, 5.41) is 23.5. The van der Waals surface area contributed by atoms with E-state index in [9.17, 15) is 27.2 Å². The summed E-state index contributed by atoms with van der Waals surface area (Å²) in [7, 11) is 1.39. The number of hydrogen-bond acceptors (Lipinski definition) is 7. The van der Waals surface area contributed by atoms with Crippen LogP contribution in [0.1, 0.15) is 55.4 Å². The monoisotopic (exact) mass is 844 g/mol. The van der Waals surface area contributed by atoms with Crippen LogP contribution in [0.4, 0.5) is 17.6 Å². The third-order valence-corrected chi connectivity index (χ3v) is 0. The third kappa shape index (κ3) is 162000. The first-order valence-corrected chi connectivity index (χ1v) is 14.4. The molecule has 0 spiro atoms. The topological polar surface area (TPSA) is 155 Å². The van der Waals surface area contributed by atoms with Crippen molar-refractivity contribution in [3.63, 3.8) is 0 Å². The molecule has 0 amide bonds. The lowest BCUT2D eigenvalue weighted by Gasteiger charge is -1.94. The van der Waals surface area contributed by atoms with Gasteiger partial charge in [0.25, 0.3) is 5.97 Å². The van der Waals surface area contributed by atoms with Gasteiger partial charge in [-0.25, -0.2) is 0 Å². The van der Waals surface area contributed by atoms with E-state index in [2.05, 4.69) is 50.1 Å². The number of nitro groups is 1. The number of ketones is 2. The number of hydrogen-bond donors (Lipinski definition) is 1. The van der Waals surface area contributed by atoms with Gasteiger partial charge < -0.3 is 19.5 Å². The smallest absolute Gasteiger partial charge is 0.386 e. The lowest BCUT2D eigenvalue weighted by atomic mass is 10.6. The molecule has 0 bridgehead atoms. The molecular weight excluding hydrogens is 805 g/mol. The maximum absolute atomic E-state index is 10.4. The number of carboxylic acids is 1. The number of Topliss-reactive ketones (excluding diaryl/α,β-unsaturated/α-hetero) is 2. The fourth-order valence-corrected chi connectivity index (χ4v) is 0. The van der Waals surface area contributed by atoms with Crippen molar-refractivity contribution in [2.45, 2.75) is 65.4 Å². The van der Waals surface area contributed by atoms with E-state index in [1.807, 2.05) is 17.6 Å². The normalized spacial score (nSPS) is 6.62. The highest BCUT2D eigenvalue weighted by Gasteiger charge is 2.15. The quantitative estimate of drug-likeness (QED) is 0.0833. The SMILES string of the molecule is C=O.CBr.CC#N.CC(=O)O.CC(C)=O.CC(C)=O.CC(Cl)(Cl)Cl.CC(F)(F)F.CCl.CF.CI.C[N+](=O)[O-]. The van der Waals surface area contributed by atoms with Crippen LogP contribution in [0, 0.1) is 21.4 Å². The second-order valence-electron chi connectivity index (χ2n) is 4.56. The van der Waals surface area contributed by atoms with Gasteiger partial charge in [-0.2, -0.15) is 18.4 Å². The average Bonchev–Trinajstić information content (AvgIpc) is 2.72. The summed E-state index contributed by atoms with van der Waals surface area (Å²) in [6, 6.07) is 1.75. The van der Waals surface area contributed by atoms with Crippen LogP contribution < -0.4 is 0 Å². The van der Waals surface area contributed by atoms with E-state index in [0.29, 0.717) is 7.18 Å². The second kappa shape index (κ2) is 83.2. The van der Waals surface area contributed by atoms with Crippen molar-refractivity contribution in [3.8, 4) is 6.07 Å². The molecule has 0 saturated heterocycles. The van der Waals surface area contributed by atoms with Crippen molar-refractivity contribution < 1.29 is 46.8 Å². The highest BCUT2D eigenvalue weighted by molar-refractivity contribution is 14.1. The Bertz CT molecular complexity index is 416. The van der Waals surface area contributed by atoms with Gasteiger partial charge in [-0.3, -0.25) is 19.3 Å². The molecule has 0 aromatic rings. The fourth-order valence-electron chi connectivity index (χ4n) is 0.